The lowest BCUT2D eigenvalue weighted by Crippen LogP contribution is -2.62. The zero-order chi connectivity index (χ0) is 19.7. The number of amides is 3. The molecular formula is C22H28N2O4. The number of urea groups is 1. The second-order valence-corrected chi connectivity index (χ2v) is 8.79. The van der Waals surface area contributed by atoms with E-state index in [9.17, 15) is 14.4 Å². The standard InChI is InChI=1S/C22H28N2O4/c1-2-19(25)17-3-5-18(6-4-17)28-13-20(26)23-21(27)24-22-10-14-7-15(11-22)9-16(8-14)12-22/h3-6,14-16H,2,7-13H2,1H3,(H2,23,24,26,27). The van der Waals surface area contributed by atoms with Crippen LogP contribution >= 0.6 is 0 Å². The Morgan fingerprint density at radius 1 is 1.00 bits per heavy atom. The van der Waals surface area contributed by atoms with Gasteiger partial charge in [0.1, 0.15) is 5.75 Å². The van der Waals surface area contributed by atoms with Crippen molar-refractivity contribution in [1.82, 2.24) is 10.6 Å². The Kier molecular flexibility index (Phi) is 5.13. The van der Waals surface area contributed by atoms with Crippen molar-refractivity contribution in [1.29, 1.82) is 0 Å². The molecule has 4 bridgehead atoms. The molecule has 0 atom stereocenters. The lowest BCUT2D eigenvalue weighted by atomic mass is 9.53. The van der Waals surface area contributed by atoms with Crippen LogP contribution in [0.3, 0.4) is 0 Å². The number of carbonyl (C=O) groups excluding carboxylic acids is 3. The average molecular weight is 384 g/mol. The van der Waals surface area contributed by atoms with Crippen molar-refractivity contribution < 1.29 is 19.1 Å². The van der Waals surface area contributed by atoms with Crippen molar-refractivity contribution >= 4 is 17.7 Å². The van der Waals surface area contributed by atoms with Gasteiger partial charge in [0.05, 0.1) is 0 Å². The highest BCUT2D eigenvalue weighted by Gasteiger charge is 2.51. The van der Waals surface area contributed by atoms with Crippen LogP contribution in [0.15, 0.2) is 24.3 Å². The molecule has 4 saturated carbocycles. The minimum absolute atomic E-state index is 0.0608. The third-order valence-electron chi connectivity index (χ3n) is 6.54. The number of Topliss-reactive ketones (excluding diaryl/α,β-unsaturated/α-hetero) is 1. The van der Waals surface area contributed by atoms with E-state index in [1.165, 1.54) is 19.3 Å². The Bertz CT molecular complexity index is 736. The number of ether oxygens (including phenoxy) is 1. The predicted molar refractivity (Wildman–Crippen MR) is 104 cm³/mol. The quantitative estimate of drug-likeness (QED) is 0.736. The molecule has 0 unspecified atom stereocenters. The second kappa shape index (κ2) is 7.57. The molecule has 4 aliphatic rings. The average Bonchev–Trinajstić information content (AvgIpc) is 2.64. The monoisotopic (exact) mass is 384 g/mol. The molecule has 2 N–H and O–H groups in total. The summed E-state index contributed by atoms with van der Waals surface area (Å²) in [6, 6.07) is 6.26. The van der Waals surface area contributed by atoms with E-state index in [4.69, 9.17) is 4.74 Å². The lowest BCUT2D eigenvalue weighted by molar-refractivity contribution is -0.122. The zero-order valence-electron chi connectivity index (χ0n) is 16.3. The first-order valence-electron chi connectivity index (χ1n) is 10.3. The maximum atomic E-state index is 12.4. The van der Waals surface area contributed by atoms with Crippen LogP contribution in [0, 0.1) is 17.8 Å². The van der Waals surface area contributed by atoms with Gasteiger partial charge in [-0.25, -0.2) is 4.79 Å². The van der Waals surface area contributed by atoms with Gasteiger partial charge in [-0.15, -0.1) is 0 Å². The van der Waals surface area contributed by atoms with Gasteiger partial charge in [-0.05, 0) is 80.5 Å². The molecule has 28 heavy (non-hydrogen) atoms. The highest BCUT2D eigenvalue weighted by Crippen LogP contribution is 2.55. The van der Waals surface area contributed by atoms with Crippen LogP contribution in [0.2, 0.25) is 0 Å². The summed E-state index contributed by atoms with van der Waals surface area (Å²) in [4.78, 5) is 36.1. The fourth-order valence-electron chi connectivity index (χ4n) is 5.79. The second-order valence-electron chi connectivity index (χ2n) is 8.79. The highest BCUT2D eigenvalue weighted by molar-refractivity contribution is 5.96. The smallest absolute Gasteiger partial charge is 0.321 e. The third kappa shape index (κ3) is 4.05. The first kappa shape index (κ1) is 19.0. The van der Waals surface area contributed by atoms with E-state index in [-0.39, 0.29) is 17.9 Å². The number of ketones is 1. The van der Waals surface area contributed by atoms with E-state index < -0.39 is 11.9 Å². The van der Waals surface area contributed by atoms with Gasteiger partial charge in [-0.1, -0.05) is 6.92 Å². The summed E-state index contributed by atoms with van der Waals surface area (Å²) < 4.78 is 5.43. The van der Waals surface area contributed by atoms with Gasteiger partial charge in [0.25, 0.3) is 5.91 Å². The topological polar surface area (TPSA) is 84.5 Å². The molecule has 5 rings (SSSR count). The molecule has 0 aromatic heterocycles. The van der Waals surface area contributed by atoms with E-state index in [0.29, 0.717) is 17.7 Å². The van der Waals surface area contributed by atoms with E-state index in [0.717, 1.165) is 37.0 Å². The Balaban J connectivity index is 1.25. The fourth-order valence-corrected chi connectivity index (χ4v) is 5.79. The number of benzene rings is 1. The lowest BCUT2D eigenvalue weighted by Gasteiger charge is -2.56. The van der Waals surface area contributed by atoms with E-state index >= 15 is 0 Å². The Morgan fingerprint density at radius 2 is 1.57 bits per heavy atom. The number of hydrogen-bond donors (Lipinski definition) is 2. The first-order chi connectivity index (χ1) is 13.4. The van der Waals surface area contributed by atoms with Crippen LogP contribution in [-0.2, 0) is 4.79 Å². The third-order valence-corrected chi connectivity index (χ3v) is 6.54. The molecule has 0 saturated heterocycles. The molecular weight excluding hydrogens is 356 g/mol. The van der Waals surface area contributed by atoms with Crippen LogP contribution in [-0.4, -0.2) is 29.9 Å². The Morgan fingerprint density at radius 3 is 2.11 bits per heavy atom. The summed E-state index contributed by atoms with van der Waals surface area (Å²) in [5.41, 5.74) is 0.496. The normalized spacial score (nSPS) is 30.0. The zero-order valence-corrected chi connectivity index (χ0v) is 16.3. The Hall–Kier alpha value is -2.37. The van der Waals surface area contributed by atoms with Crippen LogP contribution in [0.5, 0.6) is 5.75 Å². The number of nitrogens with one attached hydrogen (secondary N) is 2. The molecule has 1 aromatic rings. The van der Waals surface area contributed by atoms with E-state index in [1.807, 2.05) is 6.92 Å². The summed E-state index contributed by atoms with van der Waals surface area (Å²) >= 11 is 0. The summed E-state index contributed by atoms with van der Waals surface area (Å²) in [5.74, 6) is 2.26. The largest absolute Gasteiger partial charge is 0.484 e. The summed E-state index contributed by atoms with van der Waals surface area (Å²) in [5, 5.41) is 5.51. The molecule has 4 aliphatic carbocycles. The van der Waals surface area contributed by atoms with Gasteiger partial charge in [0, 0.05) is 17.5 Å². The van der Waals surface area contributed by atoms with Crippen LogP contribution in [0.4, 0.5) is 4.79 Å². The van der Waals surface area contributed by atoms with Crippen molar-refractivity contribution in [3.05, 3.63) is 29.8 Å². The molecule has 0 aliphatic heterocycles. The first-order valence-corrected chi connectivity index (χ1v) is 10.3. The SMILES string of the molecule is CCC(=O)c1ccc(OCC(=O)NC(=O)NC23CC4CC(CC(C4)C2)C3)cc1. The summed E-state index contributed by atoms with van der Waals surface area (Å²) in [6.45, 7) is 1.57. The highest BCUT2D eigenvalue weighted by atomic mass is 16.5. The number of rotatable bonds is 6. The molecule has 6 heteroatoms. The number of imide groups is 1. The minimum Gasteiger partial charge on any atom is -0.484 e. The van der Waals surface area contributed by atoms with Crippen molar-refractivity contribution in [3.63, 3.8) is 0 Å². The number of hydrogen-bond acceptors (Lipinski definition) is 4. The summed E-state index contributed by atoms with van der Waals surface area (Å²) in [7, 11) is 0. The summed E-state index contributed by atoms with van der Waals surface area (Å²) in [6.07, 6.45) is 7.48. The molecule has 0 radical (unpaired) electrons. The molecule has 4 fully saturated rings. The number of carbonyl (C=O) groups is 3. The van der Waals surface area contributed by atoms with Gasteiger partial charge in [0.15, 0.2) is 12.4 Å². The van der Waals surface area contributed by atoms with Gasteiger partial charge in [-0.2, -0.15) is 0 Å². The molecule has 3 amide bonds. The predicted octanol–water partition coefficient (Wildman–Crippen LogP) is 3.45. The Labute approximate surface area is 165 Å². The minimum atomic E-state index is -0.476. The van der Waals surface area contributed by atoms with E-state index in [2.05, 4.69) is 10.6 Å². The molecule has 6 nitrogen and oxygen atoms in total. The maximum Gasteiger partial charge on any atom is 0.321 e. The molecule has 0 heterocycles. The van der Waals surface area contributed by atoms with Crippen LogP contribution in [0.1, 0.15) is 62.2 Å². The van der Waals surface area contributed by atoms with Crippen molar-refractivity contribution in [3.8, 4) is 5.75 Å². The fraction of sp³-hybridized carbons (Fsp3) is 0.591. The van der Waals surface area contributed by atoms with Crippen molar-refractivity contribution in [2.45, 2.75) is 57.4 Å². The van der Waals surface area contributed by atoms with Gasteiger partial charge in [-0.3, -0.25) is 14.9 Å². The molecule has 1 aromatic carbocycles. The molecule has 150 valence electrons. The maximum absolute atomic E-state index is 12.4. The van der Waals surface area contributed by atoms with Crippen molar-refractivity contribution in [2.24, 2.45) is 17.8 Å². The van der Waals surface area contributed by atoms with Gasteiger partial charge in [0.2, 0.25) is 0 Å². The molecule has 0 spiro atoms. The van der Waals surface area contributed by atoms with E-state index in [1.54, 1.807) is 24.3 Å². The van der Waals surface area contributed by atoms with Crippen LogP contribution in [0.25, 0.3) is 0 Å². The van der Waals surface area contributed by atoms with Gasteiger partial charge < -0.3 is 10.1 Å². The van der Waals surface area contributed by atoms with Gasteiger partial charge >= 0.3 is 6.03 Å². The van der Waals surface area contributed by atoms with Crippen LogP contribution < -0.4 is 15.4 Å². The van der Waals surface area contributed by atoms with Crippen molar-refractivity contribution in [2.75, 3.05) is 6.61 Å².